The summed E-state index contributed by atoms with van der Waals surface area (Å²) in [6, 6.07) is 7.30. The second-order valence-electron chi connectivity index (χ2n) is 5.05. The quantitative estimate of drug-likeness (QED) is 0.860. The van der Waals surface area contributed by atoms with Gasteiger partial charge in [-0.1, -0.05) is 24.3 Å². The molecule has 1 saturated heterocycles. The molecule has 5 nitrogen and oxygen atoms in total. The summed E-state index contributed by atoms with van der Waals surface area (Å²) in [6.07, 6.45) is 1.74. The first-order valence-corrected chi connectivity index (χ1v) is 8.14. The lowest BCUT2D eigenvalue weighted by Crippen LogP contribution is -2.17. The minimum atomic E-state index is -3.06. The van der Waals surface area contributed by atoms with Crippen LogP contribution in [0.2, 0.25) is 0 Å². The highest BCUT2D eigenvalue weighted by molar-refractivity contribution is 7.89. The molecule has 2 rings (SSSR count). The van der Waals surface area contributed by atoms with E-state index in [2.05, 4.69) is 5.32 Å². The van der Waals surface area contributed by atoms with Crippen molar-refractivity contribution >= 4 is 15.8 Å². The van der Waals surface area contributed by atoms with E-state index in [9.17, 15) is 13.2 Å². The summed E-state index contributed by atoms with van der Waals surface area (Å²) in [5.74, 6) is -1.15. The summed E-state index contributed by atoms with van der Waals surface area (Å²) in [7, 11) is -3.06. The zero-order valence-electron chi connectivity index (χ0n) is 10.7. The molecule has 104 valence electrons. The van der Waals surface area contributed by atoms with Crippen LogP contribution in [0.1, 0.15) is 23.6 Å². The molecule has 0 bridgehead atoms. The molecule has 1 aromatic rings. The third-order valence-electron chi connectivity index (χ3n) is 3.26. The molecule has 6 heteroatoms. The van der Waals surface area contributed by atoms with E-state index in [4.69, 9.17) is 5.11 Å². The average molecular weight is 283 g/mol. The topological polar surface area (TPSA) is 83.5 Å². The van der Waals surface area contributed by atoms with E-state index < -0.39 is 15.8 Å². The van der Waals surface area contributed by atoms with E-state index in [0.29, 0.717) is 13.0 Å². The molecule has 0 amide bonds. The van der Waals surface area contributed by atoms with Crippen molar-refractivity contribution in [2.45, 2.75) is 18.2 Å². The first-order chi connectivity index (χ1) is 8.85. The number of hydrogen-bond acceptors (Lipinski definition) is 4. The molecule has 1 fully saturated rings. The van der Waals surface area contributed by atoms with Gasteiger partial charge in [-0.05, 0) is 17.5 Å². The molecule has 1 aliphatic heterocycles. The van der Waals surface area contributed by atoms with E-state index in [0.717, 1.165) is 11.1 Å². The van der Waals surface area contributed by atoms with E-state index >= 15 is 0 Å². The number of rotatable bonds is 4. The van der Waals surface area contributed by atoms with Crippen LogP contribution in [0.15, 0.2) is 24.3 Å². The zero-order chi connectivity index (χ0) is 14.0. The molecule has 2 unspecified atom stereocenters. The smallest absolute Gasteiger partial charge is 0.307 e. The third kappa shape index (κ3) is 3.78. The molecule has 0 aromatic heterocycles. The highest BCUT2D eigenvalue weighted by Gasteiger charge is 2.30. The van der Waals surface area contributed by atoms with Gasteiger partial charge in [-0.3, -0.25) is 4.79 Å². The molecular formula is C13H17NO4S. The van der Waals surface area contributed by atoms with Crippen molar-refractivity contribution in [3.63, 3.8) is 0 Å². The maximum absolute atomic E-state index is 11.3. The van der Waals surface area contributed by atoms with Crippen molar-refractivity contribution in [2.24, 2.45) is 5.92 Å². The second kappa shape index (κ2) is 5.30. The Bertz CT molecular complexity index is 582. The number of carbonyl (C=O) groups is 1. The summed E-state index contributed by atoms with van der Waals surface area (Å²) in [5.41, 5.74) is 1.69. The first kappa shape index (κ1) is 14.0. The zero-order valence-corrected chi connectivity index (χ0v) is 11.5. The van der Waals surface area contributed by atoms with Crippen molar-refractivity contribution in [2.75, 3.05) is 12.8 Å². The largest absolute Gasteiger partial charge is 0.481 e. The highest BCUT2D eigenvalue weighted by Crippen LogP contribution is 2.28. The van der Waals surface area contributed by atoms with Gasteiger partial charge in [0.05, 0.1) is 11.7 Å². The minimum Gasteiger partial charge on any atom is -0.481 e. The molecule has 0 saturated carbocycles. The van der Waals surface area contributed by atoms with Crippen molar-refractivity contribution in [3.05, 3.63) is 35.4 Å². The van der Waals surface area contributed by atoms with Crippen LogP contribution in [-0.4, -0.2) is 32.3 Å². The summed E-state index contributed by atoms with van der Waals surface area (Å²) in [5, 5.41) is 12.1. The van der Waals surface area contributed by atoms with Crippen LogP contribution < -0.4 is 5.32 Å². The number of carboxylic acid groups (broad SMARTS) is 1. The van der Waals surface area contributed by atoms with Gasteiger partial charge in [0.2, 0.25) is 0 Å². The lowest BCUT2D eigenvalue weighted by molar-refractivity contribution is -0.141. The maximum atomic E-state index is 11.3. The molecule has 1 aromatic carbocycles. The van der Waals surface area contributed by atoms with E-state index in [-0.39, 0.29) is 17.7 Å². The van der Waals surface area contributed by atoms with Crippen LogP contribution in [0.25, 0.3) is 0 Å². The summed E-state index contributed by atoms with van der Waals surface area (Å²) in [4.78, 5) is 10.9. The Labute approximate surface area is 112 Å². The Hall–Kier alpha value is -1.40. The highest BCUT2D eigenvalue weighted by atomic mass is 32.2. The Morgan fingerprint density at radius 1 is 1.47 bits per heavy atom. The number of sulfone groups is 1. The normalized spacial score (nSPS) is 23.4. The lowest BCUT2D eigenvalue weighted by atomic mass is 9.99. The maximum Gasteiger partial charge on any atom is 0.307 e. The van der Waals surface area contributed by atoms with E-state index in [1.54, 1.807) is 6.07 Å². The van der Waals surface area contributed by atoms with Gasteiger partial charge in [-0.25, -0.2) is 8.42 Å². The molecule has 19 heavy (non-hydrogen) atoms. The summed E-state index contributed by atoms with van der Waals surface area (Å²) in [6.45, 7) is 0.455. The number of carboxylic acids is 1. The van der Waals surface area contributed by atoms with Crippen LogP contribution in [-0.2, 0) is 20.4 Å². The monoisotopic (exact) mass is 283 g/mol. The predicted octanol–water partition coefficient (Wildman–Crippen LogP) is 0.966. The summed E-state index contributed by atoms with van der Waals surface area (Å²) >= 11 is 0. The van der Waals surface area contributed by atoms with Gasteiger partial charge in [-0.2, -0.15) is 0 Å². The van der Waals surface area contributed by atoms with Crippen LogP contribution >= 0.6 is 0 Å². The lowest BCUT2D eigenvalue weighted by Gasteiger charge is -2.12. The van der Waals surface area contributed by atoms with Gasteiger partial charge in [-0.15, -0.1) is 0 Å². The first-order valence-electron chi connectivity index (χ1n) is 6.08. The predicted molar refractivity (Wildman–Crippen MR) is 71.5 cm³/mol. The second-order valence-corrected chi connectivity index (χ2v) is 7.19. The average Bonchev–Trinajstić information content (AvgIpc) is 2.76. The number of aliphatic carboxylic acids is 1. The van der Waals surface area contributed by atoms with Crippen LogP contribution in [0, 0.1) is 5.92 Å². The van der Waals surface area contributed by atoms with Crippen molar-refractivity contribution in [1.29, 1.82) is 0 Å². The Kier molecular flexibility index (Phi) is 3.91. The van der Waals surface area contributed by atoms with Gasteiger partial charge in [0, 0.05) is 18.8 Å². The van der Waals surface area contributed by atoms with Gasteiger partial charge >= 0.3 is 5.97 Å². The van der Waals surface area contributed by atoms with Crippen LogP contribution in [0.3, 0.4) is 0 Å². The van der Waals surface area contributed by atoms with Crippen molar-refractivity contribution < 1.29 is 18.3 Å². The van der Waals surface area contributed by atoms with E-state index in [1.165, 1.54) is 6.26 Å². The molecular weight excluding hydrogens is 266 g/mol. The third-order valence-corrected chi connectivity index (χ3v) is 4.12. The number of hydrogen-bond donors (Lipinski definition) is 2. The Balaban J connectivity index is 2.14. The van der Waals surface area contributed by atoms with E-state index in [1.807, 2.05) is 18.2 Å². The van der Waals surface area contributed by atoms with Gasteiger partial charge < -0.3 is 10.4 Å². The molecule has 1 aliphatic rings. The van der Waals surface area contributed by atoms with Crippen molar-refractivity contribution in [3.8, 4) is 0 Å². The standard InChI is InChI=1S/C13H17NO4S/c1-19(17,18)8-9-3-2-4-10(5-9)12-6-11(7-14-12)13(15)16/h2-5,11-12,14H,6-8H2,1H3,(H,15,16). The molecule has 1 heterocycles. The fraction of sp³-hybridized carbons (Fsp3) is 0.462. The molecule has 0 spiro atoms. The van der Waals surface area contributed by atoms with Gasteiger partial charge in [0.25, 0.3) is 0 Å². The van der Waals surface area contributed by atoms with Crippen molar-refractivity contribution in [1.82, 2.24) is 5.32 Å². The molecule has 2 atom stereocenters. The fourth-order valence-corrected chi connectivity index (χ4v) is 3.17. The minimum absolute atomic E-state index is 0.00984. The SMILES string of the molecule is CS(=O)(=O)Cc1cccc(C2CC(C(=O)O)CN2)c1. The fourth-order valence-electron chi connectivity index (χ4n) is 2.38. The van der Waals surface area contributed by atoms with Crippen LogP contribution in [0.4, 0.5) is 0 Å². The van der Waals surface area contributed by atoms with Crippen LogP contribution in [0.5, 0.6) is 0 Å². The Morgan fingerprint density at radius 2 is 2.21 bits per heavy atom. The molecule has 0 radical (unpaired) electrons. The van der Waals surface area contributed by atoms with Gasteiger partial charge in [0.1, 0.15) is 0 Å². The number of benzene rings is 1. The number of nitrogens with one attached hydrogen (secondary N) is 1. The molecule has 0 aliphatic carbocycles. The summed E-state index contributed by atoms with van der Waals surface area (Å²) < 4.78 is 22.6. The van der Waals surface area contributed by atoms with Gasteiger partial charge in [0.15, 0.2) is 9.84 Å². The molecule has 2 N–H and O–H groups in total. The Morgan fingerprint density at radius 3 is 2.79 bits per heavy atom.